The van der Waals surface area contributed by atoms with Crippen LogP contribution in [0.2, 0.25) is 0 Å². The zero-order valence-corrected chi connectivity index (χ0v) is 29.5. The van der Waals surface area contributed by atoms with Crippen LogP contribution in [0.15, 0.2) is 102 Å². The molecule has 0 amide bonds. The van der Waals surface area contributed by atoms with Gasteiger partial charge >= 0.3 is 0 Å². The van der Waals surface area contributed by atoms with Crippen LogP contribution in [0.3, 0.4) is 0 Å². The van der Waals surface area contributed by atoms with Crippen LogP contribution in [-0.4, -0.2) is 53.9 Å². The smallest absolute Gasteiger partial charge is 0.241 e. The molecule has 0 atom stereocenters. The summed E-state index contributed by atoms with van der Waals surface area (Å²) in [5.41, 5.74) is 11.4. The Labute approximate surface area is 297 Å². The van der Waals surface area contributed by atoms with Crippen molar-refractivity contribution in [1.82, 2.24) is 29.9 Å². The van der Waals surface area contributed by atoms with Crippen molar-refractivity contribution < 1.29 is 17.9 Å². The summed E-state index contributed by atoms with van der Waals surface area (Å²) in [6, 6.07) is 28.8. The minimum Gasteiger partial charge on any atom is -0.497 e. The van der Waals surface area contributed by atoms with Gasteiger partial charge < -0.3 is 15.2 Å². The van der Waals surface area contributed by atoms with Gasteiger partial charge in [0.15, 0.2) is 0 Å². The molecule has 3 N–H and O–H groups in total. The Hall–Kier alpha value is -5.17. The molecule has 7 rings (SSSR count). The second-order valence-corrected chi connectivity index (χ2v) is 14.7. The fourth-order valence-corrected chi connectivity index (χ4v) is 8.34. The van der Waals surface area contributed by atoms with E-state index in [0.717, 1.165) is 59.0 Å². The number of rotatable bonds is 12. The molecule has 1 aliphatic rings. The third kappa shape index (κ3) is 7.63. The fourth-order valence-electron chi connectivity index (χ4n) is 6.87. The van der Waals surface area contributed by atoms with Crippen LogP contribution < -0.4 is 19.9 Å². The molecule has 0 bridgehead atoms. The van der Waals surface area contributed by atoms with E-state index >= 15 is 0 Å². The number of nitrogens with two attached hydrogens (primary N) is 1. The van der Waals surface area contributed by atoms with E-state index in [0.29, 0.717) is 41.3 Å². The molecule has 262 valence electrons. The number of pyridine rings is 1. The molecule has 6 aromatic rings. The zero-order chi connectivity index (χ0) is 35.4. The Morgan fingerprint density at radius 2 is 1.51 bits per heavy atom. The van der Waals surface area contributed by atoms with Gasteiger partial charge in [0.25, 0.3) is 0 Å². The normalized spacial score (nSPS) is 16.3. The number of aromatic nitrogens is 5. The largest absolute Gasteiger partial charge is 0.497 e. The maximum atomic E-state index is 14.8. The quantitative estimate of drug-likeness (QED) is 0.153. The minimum atomic E-state index is -4.14. The molecule has 0 radical (unpaired) electrons. The molecule has 2 aromatic heterocycles. The topological polar surface area (TPSA) is 147 Å². The van der Waals surface area contributed by atoms with Crippen LogP contribution in [0, 0.1) is 5.92 Å². The Bertz CT molecular complexity index is 2230. The van der Waals surface area contributed by atoms with Crippen molar-refractivity contribution in [3.63, 3.8) is 0 Å². The maximum absolute atomic E-state index is 14.8. The third-order valence-electron chi connectivity index (χ3n) is 9.63. The lowest BCUT2D eigenvalue weighted by Crippen LogP contribution is -2.28. The number of hydrogen-bond donors (Lipinski definition) is 2. The van der Waals surface area contributed by atoms with Gasteiger partial charge in [0, 0.05) is 24.2 Å². The average Bonchev–Trinajstić information content (AvgIpc) is 3.63. The van der Waals surface area contributed by atoms with Crippen LogP contribution in [0.1, 0.15) is 42.4 Å². The summed E-state index contributed by atoms with van der Waals surface area (Å²) in [4.78, 5) is 6.22. The van der Waals surface area contributed by atoms with Gasteiger partial charge in [-0.05, 0) is 107 Å². The number of sulfonamides is 1. The predicted octanol–water partition coefficient (Wildman–Crippen LogP) is 6.16. The van der Waals surface area contributed by atoms with Gasteiger partial charge in [0.1, 0.15) is 11.5 Å². The Morgan fingerprint density at radius 1 is 0.824 bits per heavy atom. The van der Waals surface area contributed by atoms with E-state index < -0.39 is 10.0 Å². The van der Waals surface area contributed by atoms with Gasteiger partial charge in [-0.2, -0.15) is 4.80 Å². The van der Waals surface area contributed by atoms with Gasteiger partial charge in [0.2, 0.25) is 15.8 Å². The van der Waals surface area contributed by atoms with Crippen molar-refractivity contribution in [3.05, 3.63) is 114 Å². The number of hydrogen-bond acceptors (Lipinski definition) is 9. The molecule has 0 aliphatic heterocycles. The van der Waals surface area contributed by atoms with Crippen LogP contribution in [0.25, 0.3) is 33.4 Å². The Morgan fingerprint density at radius 3 is 2.22 bits per heavy atom. The van der Waals surface area contributed by atoms with E-state index in [1.54, 1.807) is 20.4 Å². The van der Waals surface area contributed by atoms with Gasteiger partial charge in [-0.15, -0.1) is 10.2 Å². The van der Waals surface area contributed by atoms with E-state index in [9.17, 15) is 8.42 Å². The molecule has 0 saturated heterocycles. The molecule has 1 aliphatic carbocycles. The number of para-hydroxylation sites is 1. The number of tetrazole rings is 1. The highest BCUT2D eigenvalue weighted by atomic mass is 32.2. The van der Waals surface area contributed by atoms with Crippen LogP contribution >= 0.6 is 0 Å². The third-order valence-corrected chi connectivity index (χ3v) is 11.2. The minimum absolute atomic E-state index is 0.0868. The molecule has 1 fully saturated rings. The highest BCUT2D eigenvalue weighted by Gasteiger charge is 2.31. The molecule has 11 nitrogen and oxygen atoms in total. The fraction of sp³-hybridized carbons (Fsp3) is 0.282. The first-order valence-corrected chi connectivity index (χ1v) is 18.6. The predicted molar refractivity (Wildman–Crippen MR) is 197 cm³/mol. The first-order valence-electron chi connectivity index (χ1n) is 17.1. The van der Waals surface area contributed by atoms with Crippen molar-refractivity contribution in [1.29, 1.82) is 0 Å². The highest BCUT2D eigenvalue weighted by molar-refractivity contribution is 7.89. The van der Waals surface area contributed by atoms with E-state index in [4.69, 9.17) is 20.3 Å². The monoisotopic (exact) mass is 703 g/mol. The summed E-state index contributed by atoms with van der Waals surface area (Å²) in [5, 5.41) is 14.6. The van der Waals surface area contributed by atoms with E-state index in [-0.39, 0.29) is 23.3 Å². The maximum Gasteiger partial charge on any atom is 0.241 e. The average molecular weight is 704 g/mol. The van der Waals surface area contributed by atoms with Crippen molar-refractivity contribution >= 4 is 20.9 Å². The summed E-state index contributed by atoms with van der Waals surface area (Å²) in [5.74, 6) is 1.95. The van der Waals surface area contributed by atoms with Crippen molar-refractivity contribution in [2.45, 2.75) is 56.1 Å². The highest BCUT2D eigenvalue weighted by Crippen LogP contribution is 2.41. The summed E-state index contributed by atoms with van der Waals surface area (Å²) in [6.45, 7) is 0.424. The first kappa shape index (κ1) is 34.3. The Balaban J connectivity index is 1.38. The molecule has 2 heterocycles. The standard InChI is InChI=1S/C39H41N7O4S/c1-49-31-16-9-27(10-17-31)24-42-51(47,48)38-29(23-26-7-14-30(40)15-8-26)13-20-35(33-21-22-41-36-6-4-3-5-34(33)36)37(38)39-43-45-46(44-39)25-28-11-18-32(50-2)19-12-28/h3-6,9-13,16-22,26,30,42H,7-8,14-15,23-25,40H2,1-2H3. The molecule has 0 unspecified atom stereocenters. The Kier molecular flexibility index (Phi) is 10.1. The van der Waals surface area contributed by atoms with Gasteiger partial charge in [-0.1, -0.05) is 54.6 Å². The summed E-state index contributed by atoms with van der Waals surface area (Å²) in [7, 11) is -0.917. The SMILES string of the molecule is COc1ccc(CNS(=O)(=O)c2c(CC3CCC(N)CC3)ccc(-c3ccnc4ccccc34)c2-c2nnn(Cc3ccc(OC)cc3)n2)cc1. The van der Waals surface area contributed by atoms with E-state index in [1.165, 1.54) is 4.80 Å². The van der Waals surface area contributed by atoms with Crippen molar-refractivity contribution in [3.8, 4) is 34.0 Å². The second kappa shape index (κ2) is 15.0. The number of fused-ring (bicyclic) bond motifs is 1. The van der Waals surface area contributed by atoms with Gasteiger partial charge in [-0.25, -0.2) is 13.1 Å². The van der Waals surface area contributed by atoms with E-state index in [2.05, 4.69) is 20.0 Å². The molecule has 1 saturated carbocycles. The van der Waals surface area contributed by atoms with Crippen LogP contribution in [0.5, 0.6) is 11.5 Å². The van der Waals surface area contributed by atoms with Crippen molar-refractivity contribution in [2.75, 3.05) is 14.2 Å². The van der Waals surface area contributed by atoms with Crippen molar-refractivity contribution in [2.24, 2.45) is 11.7 Å². The lowest BCUT2D eigenvalue weighted by molar-refractivity contribution is 0.323. The van der Waals surface area contributed by atoms with Crippen LogP contribution in [0.4, 0.5) is 0 Å². The molecule has 0 spiro atoms. The molecule has 51 heavy (non-hydrogen) atoms. The van der Waals surface area contributed by atoms with Gasteiger partial charge in [-0.3, -0.25) is 4.98 Å². The summed E-state index contributed by atoms with van der Waals surface area (Å²) >= 11 is 0. The zero-order valence-electron chi connectivity index (χ0n) is 28.7. The lowest BCUT2D eigenvalue weighted by atomic mass is 9.82. The number of nitrogens with zero attached hydrogens (tertiary/aromatic N) is 5. The summed E-state index contributed by atoms with van der Waals surface area (Å²) in [6.07, 6.45) is 6.01. The summed E-state index contributed by atoms with van der Waals surface area (Å²) < 4.78 is 43.1. The second-order valence-electron chi connectivity index (χ2n) is 13.0. The van der Waals surface area contributed by atoms with E-state index in [1.807, 2.05) is 91.0 Å². The molecule has 12 heteroatoms. The molecular weight excluding hydrogens is 663 g/mol. The lowest BCUT2D eigenvalue weighted by Gasteiger charge is -2.27. The van der Waals surface area contributed by atoms with Crippen LogP contribution in [-0.2, 0) is 29.5 Å². The molecule has 4 aromatic carbocycles. The number of ether oxygens (including phenoxy) is 2. The first-order chi connectivity index (χ1) is 24.8. The molecular formula is C39H41N7O4S. The number of nitrogens with one attached hydrogen (secondary N) is 1. The van der Waals surface area contributed by atoms with Gasteiger partial charge in [0.05, 0.1) is 36.7 Å². The number of benzene rings is 4. The number of methoxy groups -OCH3 is 2.